The number of halogens is 1. The maximum absolute atomic E-state index is 6.51. The molecule has 2 saturated heterocycles. The highest BCUT2D eigenvalue weighted by Gasteiger charge is 2.40. The molecule has 0 radical (unpaired) electrons. The average Bonchev–Trinajstić information content (AvgIpc) is 2.50. The fraction of sp³-hybridized carbons (Fsp3) is 0.647. The van der Waals surface area contributed by atoms with Crippen LogP contribution in [0.3, 0.4) is 0 Å². The van der Waals surface area contributed by atoms with E-state index in [0.29, 0.717) is 5.92 Å². The van der Waals surface area contributed by atoms with Crippen LogP contribution in [0.4, 0.5) is 0 Å². The fourth-order valence-corrected chi connectivity index (χ4v) is 4.95. The van der Waals surface area contributed by atoms with Crippen LogP contribution in [0.15, 0.2) is 24.3 Å². The van der Waals surface area contributed by atoms with Gasteiger partial charge in [-0.15, -0.1) is 0 Å². The van der Waals surface area contributed by atoms with E-state index in [1.54, 1.807) is 0 Å². The number of ether oxygens (including phenoxy) is 1. The predicted molar refractivity (Wildman–Crippen MR) is 91.1 cm³/mol. The Kier molecular flexibility index (Phi) is 5.15. The van der Waals surface area contributed by atoms with Crippen LogP contribution in [-0.4, -0.2) is 29.8 Å². The topological polar surface area (TPSA) is 35.2 Å². The van der Waals surface area contributed by atoms with Crippen molar-refractivity contribution in [2.24, 2.45) is 11.7 Å². The second-order valence-corrected chi connectivity index (χ2v) is 8.05. The van der Waals surface area contributed by atoms with Gasteiger partial charge in [-0.2, -0.15) is 11.8 Å². The van der Waals surface area contributed by atoms with E-state index in [9.17, 15) is 0 Å². The van der Waals surface area contributed by atoms with Gasteiger partial charge in [0, 0.05) is 17.7 Å². The molecule has 2 heterocycles. The van der Waals surface area contributed by atoms with Gasteiger partial charge in [0.05, 0.1) is 5.60 Å². The van der Waals surface area contributed by atoms with E-state index in [1.165, 1.54) is 29.9 Å². The molecule has 2 unspecified atom stereocenters. The smallest absolute Gasteiger partial charge is 0.0701 e. The van der Waals surface area contributed by atoms with Crippen LogP contribution in [0.25, 0.3) is 0 Å². The summed E-state index contributed by atoms with van der Waals surface area (Å²) in [5.41, 5.74) is 7.93. The van der Waals surface area contributed by atoms with Gasteiger partial charge in [-0.25, -0.2) is 0 Å². The fourth-order valence-electron chi connectivity index (χ4n) is 3.58. The number of rotatable bonds is 3. The average molecular weight is 326 g/mol. The highest BCUT2D eigenvalue weighted by atomic mass is 35.5. The minimum absolute atomic E-state index is 0.131. The summed E-state index contributed by atoms with van der Waals surface area (Å²) in [4.78, 5) is 0. The van der Waals surface area contributed by atoms with E-state index in [0.717, 1.165) is 30.9 Å². The Balaban J connectivity index is 1.61. The minimum Gasteiger partial charge on any atom is -0.375 e. The van der Waals surface area contributed by atoms with Crippen LogP contribution in [0.2, 0.25) is 5.02 Å². The molecule has 3 rings (SSSR count). The molecule has 2 N–H and O–H groups in total. The van der Waals surface area contributed by atoms with Gasteiger partial charge < -0.3 is 10.5 Å². The lowest BCUT2D eigenvalue weighted by Crippen LogP contribution is -2.47. The van der Waals surface area contributed by atoms with Crippen molar-refractivity contribution < 1.29 is 4.74 Å². The first-order chi connectivity index (χ1) is 10.2. The Labute approximate surface area is 136 Å². The van der Waals surface area contributed by atoms with Gasteiger partial charge in [0.2, 0.25) is 0 Å². The van der Waals surface area contributed by atoms with E-state index in [4.69, 9.17) is 22.1 Å². The Morgan fingerprint density at radius 2 is 2.00 bits per heavy atom. The van der Waals surface area contributed by atoms with E-state index in [2.05, 4.69) is 23.9 Å². The molecule has 1 aromatic carbocycles. The number of hydrogen-bond acceptors (Lipinski definition) is 3. The Bertz CT molecular complexity index is 453. The second kappa shape index (κ2) is 6.91. The van der Waals surface area contributed by atoms with Gasteiger partial charge >= 0.3 is 0 Å². The van der Waals surface area contributed by atoms with E-state index in [1.807, 2.05) is 12.1 Å². The molecule has 0 aromatic heterocycles. The molecular weight excluding hydrogens is 302 g/mol. The lowest BCUT2D eigenvalue weighted by Gasteiger charge is -2.44. The van der Waals surface area contributed by atoms with Gasteiger partial charge in [0.1, 0.15) is 0 Å². The van der Waals surface area contributed by atoms with Crippen LogP contribution in [0.1, 0.15) is 31.2 Å². The summed E-state index contributed by atoms with van der Waals surface area (Å²) < 4.78 is 6.17. The number of nitrogens with two attached hydrogens (primary N) is 1. The van der Waals surface area contributed by atoms with E-state index in [-0.39, 0.29) is 11.6 Å². The maximum atomic E-state index is 6.51. The van der Waals surface area contributed by atoms with E-state index < -0.39 is 0 Å². The van der Waals surface area contributed by atoms with Gasteiger partial charge in [-0.3, -0.25) is 0 Å². The first-order valence-electron chi connectivity index (χ1n) is 7.89. The predicted octanol–water partition coefficient (Wildman–Crippen LogP) is 3.90. The first kappa shape index (κ1) is 15.7. The zero-order valence-corrected chi connectivity index (χ0v) is 14.0. The van der Waals surface area contributed by atoms with Crippen LogP contribution in [0, 0.1) is 5.92 Å². The zero-order valence-electron chi connectivity index (χ0n) is 12.4. The molecule has 2 nitrogen and oxygen atoms in total. The molecule has 21 heavy (non-hydrogen) atoms. The summed E-state index contributed by atoms with van der Waals surface area (Å²) in [5.74, 6) is 3.05. The summed E-state index contributed by atoms with van der Waals surface area (Å²) in [6.07, 6.45) is 5.57. The van der Waals surface area contributed by atoms with Gasteiger partial charge in [-0.1, -0.05) is 23.7 Å². The lowest BCUT2D eigenvalue weighted by molar-refractivity contribution is -0.105. The zero-order chi connectivity index (χ0) is 14.7. The third-order valence-corrected chi connectivity index (χ3v) is 6.16. The Morgan fingerprint density at radius 1 is 1.29 bits per heavy atom. The summed E-state index contributed by atoms with van der Waals surface area (Å²) in [5, 5.41) is 0.789. The molecule has 2 aliphatic rings. The lowest BCUT2D eigenvalue weighted by atomic mass is 9.77. The van der Waals surface area contributed by atoms with Crippen LogP contribution < -0.4 is 5.73 Å². The van der Waals surface area contributed by atoms with Crippen molar-refractivity contribution >= 4 is 23.4 Å². The minimum atomic E-state index is 0.131. The van der Waals surface area contributed by atoms with Crippen molar-refractivity contribution in [3.8, 4) is 0 Å². The van der Waals surface area contributed by atoms with Gasteiger partial charge in [-0.05, 0) is 67.2 Å². The molecule has 0 aliphatic carbocycles. The van der Waals surface area contributed by atoms with Gasteiger partial charge in [0.25, 0.3) is 0 Å². The summed E-state index contributed by atoms with van der Waals surface area (Å²) in [7, 11) is 0. The Hall–Kier alpha value is -0.220. The van der Waals surface area contributed by atoms with Crippen LogP contribution in [-0.2, 0) is 11.2 Å². The van der Waals surface area contributed by atoms with Crippen molar-refractivity contribution in [1.82, 2.24) is 0 Å². The summed E-state index contributed by atoms with van der Waals surface area (Å²) in [6, 6.07) is 8.31. The number of hydrogen-bond donors (Lipinski definition) is 1. The summed E-state index contributed by atoms with van der Waals surface area (Å²) >= 11 is 8.00. The first-order valence-corrected chi connectivity index (χ1v) is 9.42. The monoisotopic (exact) mass is 325 g/mol. The van der Waals surface area contributed by atoms with Gasteiger partial charge in [0.15, 0.2) is 0 Å². The third kappa shape index (κ3) is 3.95. The standard InChI is InChI=1S/C17H24ClNOS/c18-15-3-1-13(2-4-15)11-16(19)14-5-8-20-17(12-14)6-9-21-10-7-17/h1-4,14,16H,5-12,19H2. The molecule has 116 valence electrons. The molecular formula is C17H24ClNOS. The molecule has 0 saturated carbocycles. The van der Waals surface area contributed by atoms with Crippen molar-refractivity contribution in [3.05, 3.63) is 34.9 Å². The second-order valence-electron chi connectivity index (χ2n) is 6.39. The number of thioether (sulfide) groups is 1. The molecule has 0 amide bonds. The molecule has 1 spiro atoms. The molecule has 2 aliphatic heterocycles. The highest BCUT2D eigenvalue weighted by Crippen LogP contribution is 2.40. The molecule has 2 fully saturated rings. The number of benzene rings is 1. The molecule has 0 bridgehead atoms. The quantitative estimate of drug-likeness (QED) is 0.915. The highest BCUT2D eigenvalue weighted by molar-refractivity contribution is 7.99. The Morgan fingerprint density at radius 3 is 2.71 bits per heavy atom. The van der Waals surface area contributed by atoms with Crippen molar-refractivity contribution in [1.29, 1.82) is 0 Å². The van der Waals surface area contributed by atoms with Crippen LogP contribution in [0.5, 0.6) is 0 Å². The van der Waals surface area contributed by atoms with Crippen LogP contribution >= 0.6 is 23.4 Å². The van der Waals surface area contributed by atoms with Crippen molar-refractivity contribution in [2.75, 3.05) is 18.1 Å². The molecule has 2 atom stereocenters. The third-order valence-electron chi connectivity index (χ3n) is 4.93. The SMILES string of the molecule is NC(Cc1ccc(Cl)cc1)C1CCOC2(CCSCC2)C1. The van der Waals surface area contributed by atoms with Crippen molar-refractivity contribution in [2.45, 2.75) is 43.7 Å². The molecule has 4 heteroatoms. The maximum Gasteiger partial charge on any atom is 0.0701 e. The molecule has 1 aromatic rings. The van der Waals surface area contributed by atoms with E-state index >= 15 is 0 Å². The summed E-state index contributed by atoms with van der Waals surface area (Å²) in [6.45, 7) is 0.879. The normalized spacial score (nSPS) is 26.7. The van der Waals surface area contributed by atoms with Crippen molar-refractivity contribution in [3.63, 3.8) is 0 Å². The largest absolute Gasteiger partial charge is 0.375 e.